The van der Waals surface area contributed by atoms with E-state index in [2.05, 4.69) is 42.7 Å². The van der Waals surface area contributed by atoms with Gasteiger partial charge in [-0.3, -0.25) is 0 Å². The summed E-state index contributed by atoms with van der Waals surface area (Å²) in [7, 11) is 0. The van der Waals surface area contributed by atoms with Crippen molar-refractivity contribution in [3.05, 3.63) is 95.7 Å². The van der Waals surface area contributed by atoms with Gasteiger partial charge in [0, 0.05) is 5.39 Å². The normalized spacial score (nSPS) is 11.5. The molecular weight excluding hydrogens is 428 g/mol. The van der Waals surface area contributed by atoms with Gasteiger partial charge in [-0.25, -0.2) is 9.97 Å². The number of aromatic amines is 1. The average molecular weight is 446 g/mol. The Morgan fingerprint density at radius 3 is 2.65 bits per heavy atom. The Bertz CT molecular complexity index is 1600. The second-order valence-electron chi connectivity index (χ2n) is 7.68. The van der Waals surface area contributed by atoms with Crippen LogP contribution < -0.4 is 4.74 Å². The third kappa shape index (κ3) is 4.12. The highest BCUT2D eigenvalue weighted by Gasteiger charge is 2.12. The van der Waals surface area contributed by atoms with Crippen LogP contribution in [0.3, 0.4) is 0 Å². The fourth-order valence-corrected chi connectivity index (χ4v) is 3.61. The van der Waals surface area contributed by atoms with Gasteiger partial charge in [-0.1, -0.05) is 48.5 Å². The maximum absolute atomic E-state index is 5.95. The Morgan fingerprint density at radius 1 is 0.853 bits per heavy atom. The maximum atomic E-state index is 5.95. The van der Waals surface area contributed by atoms with Crippen LogP contribution in [0.1, 0.15) is 16.8 Å². The van der Waals surface area contributed by atoms with Crippen molar-refractivity contribution in [3.8, 4) is 17.5 Å². The third-order valence-electron chi connectivity index (χ3n) is 5.34. The van der Waals surface area contributed by atoms with Crippen LogP contribution in [0.5, 0.6) is 5.75 Å². The minimum Gasteiger partial charge on any atom is -0.489 e. The van der Waals surface area contributed by atoms with Crippen LogP contribution in [-0.4, -0.2) is 30.6 Å². The molecule has 0 aliphatic carbocycles. The number of oxazole rings is 1. The van der Waals surface area contributed by atoms with E-state index >= 15 is 0 Å². The fourth-order valence-electron chi connectivity index (χ4n) is 3.61. The molecular formula is C26H18N6O2. The van der Waals surface area contributed by atoms with Crippen LogP contribution in [0, 0.1) is 0 Å². The van der Waals surface area contributed by atoms with E-state index in [0.717, 1.165) is 33.5 Å². The number of nitrogens with one attached hydrogen (secondary N) is 1. The molecule has 3 aromatic heterocycles. The summed E-state index contributed by atoms with van der Waals surface area (Å²) in [5, 5.41) is 14.8. The van der Waals surface area contributed by atoms with E-state index in [-0.39, 0.29) is 0 Å². The first-order valence-corrected chi connectivity index (χ1v) is 10.7. The van der Waals surface area contributed by atoms with E-state index in [0.29, 0.717) is 29.4 Å². The SMILES string of the molecule is C(=C\c1ccc2ccccc2n1)/c1ccc(OCc2ccc3oc(-c4nn[nH]n4)nc3c2)cc1. The number of H-pyrrole nitrogens is 1. The number of ether oxygens (including phenoxy) is 1. The number of fused-ring (bicyclic) bond motifs is 2. The minimum atomic E-state index is 0.319. The molecule has 1 N–H and O–H groups in total. The molecule has 0 saturated heterocycles. The summed E-state index contributed by atoms with van der Waals surface area (Å²) < 4.78 is 11.6. The second-order valence-corrected chi connectivity index (χ2v) is 7.68. The Morgan fingerprint density at radius 2 is 1.76 bits per heavy atom. The fraction of sp³-hybridized carbons (Fsp3) is 0.0385. The van der Waals surface area contributed by atoms with E-state index in [4.69, 9.17) is 9.15 Å². The lowest BCUT2D eigenvalue weighted by Crippen LogP contribution is -1.95. The van der Waals surface area contributed by atoms with Gasteiger partial charge in [-0.15, -0.1) is 10.2 Å². The Balaban J connectivity index is 1.11. The van der Waals surface area contributed by atoms with Crippen molar-refractivity contribution in [2.45, 2.75) is 6.61 Å². The highest BCUT2D eigenvalue weighted by atomic mass is 16.5. The van der Waals surface area contributed by atoms with E-state index in [1.165, 1.54) is 0 Å². The van der Waals surface area contributed by atoms with E-state index in [9.17, 15) is 0 Å². The van der Waals surface area contributed by atoms with Gasteiger partial charge in [0.1, 0.15) is 17.9 Å². The van der Waals surface area contributed by atoms with Crippen LogP contribution in [0.4, 0.5) is 0 Å². The highest BCUT2D eigenvalue weighted by molar-refractivity contribution is 5.81. The van der Waals surface area contributed by atoms with E-state index in [1.54, 1.807) is 0 Å². The van der Waals surface area contributed by atoms with Gasteiger partial charge in [0.15, 0.2) is 5.58 Å². The largest absolute Gasteiger partial charge is 0.489 e. The predicted octanol–water partition coefficient (Wildman–Crippen LogP) is 5.31. The number of aromatic nitrogens is 6. The molecule has 6 rings (SSSR count). The number of rotatable bonds is 6. The zero-order valence-electron chi connectivity index (χ0n) is 17.9. The molecule has 0 bridgehead atoms. The summed E-state index contributed by atoms with van der Waals surface area (Å²) in [5.74, 6) is 1.43. The molecule has 8 nitrogen and oxygen atoms in total. The Kier molecular flexibility index (Phi) is 5.00. The van der Waals surface area contributed by atoms with Gasteiger partial charge in [0.25, 0.3) is 11.7 Å². The lowest BCUT2D eigenvalue weighted by molar-refractivity contribution is 0.306. The minimum absolute atomic E-state index is 0.319. The van der Waals surface area contributed by atoms with Crippen molar-refractivity contribution in [2.24, 2.45) is 0 Å². The second kappa shape index (κ2) is 8.59. The third-order valence-corrected chi connectivity index (χ3v) is 5.34. The van der Waals surface area contributed by atoms with Crippen molar-refractivity contribution in [1.82, 2.24) is 30.6 Å². The quantitative estimate of drug-likeness (QED) is 0.370. The van der Waals surface area contributed by atoms with Crippen LogP contribution in [0.25, 0.3) is 45.9 Å². The van der Waals surface area contributed by atoms with E-state index in [1.807, 2.05) is 78.9 Å². The van der Waals surface area contributed by atoms with Crippen LogP contribution in [-0.2, 0) is 6.61 Å². The van der Waals surface area contributed by atoms with Gasteiger partial charge in [-0.05, 0) is 58.8 Å². The molecule has 0 spiro atoms. The van der Waals surface area contributed by atoms with Crippen molar-refractivity contribution >= 4 is 34.2 Å². The molecule has 6 aromatic rings. The first kappa shape index (κ1) is 19.8. The lowest BCUT2D eigenvalue weighted by Gasteiger charge is -2.06. The van der Waals surface area contributed by atoms with Gasteiger partial charge < -0.3 is 9.15 Å². The summed E-state index contributed by atoms with van der Waals surface area (Å²) in [6.07, 6.45) is 4.05. The van der Waals surface area contributed by atoms with Crippen LogP contribution in [0.15, 0.2) is 83.3 Å². The van der Waals surface area contributed by atoms with Gasteiger partial charge in [-0.2, -0.15) is 5.21 Å². The molecule has 0 aliphatic rings. The Labute approximate surface area is 193 Å². The monoisotopic (exact) mass is 446 g/mol. The van der Waals surface area contributed by atoms with Crippen molar-refractivity contribution < 1.29 is 9.15 Å². The van der Waals surface area contributed by atoms with Crippen molar-refractivity contribution in [3.63, 3.8) is 0 Å². The molecule has 3 aromatic carbocycles. The molecule has 3 heterocycles. The summed E-state index contributed by atoms with van der Waals surface area (Å²) in [6.45, 7) is 0.413. The number of para-hydroxylation sites is 1. The number of hydrogen-bond donors (Lipinski definition) is 1. The first-order valence-electron chi connectivity index (χ1n) is 10.7. The van der Waals surface area contributed by atoms with Gasteiger partial charge >= 0.3 is 0 Å². The summed E-state index contributed by atoms with van der Waals surface area (Å²) in [5.41, 5.74) is 5.32. The summed E-state index contributed by atoms with van der Waals surface area (Å²) in [6, 6.07) is 25.9. The molecule has 0 saturated carbocycles. The Hall–Kier alpha value is -4.85. The lowest BCUT2D eigenvalue weighted by atomic mass is 10.1. The standard InChI is InChI=1S/C26H18N6O2/c1-2-4-22-19(3-1)9-11-20(27-22)10-5-17-6-12-21(13-7-17)33-16-18-8-14-24-23(15-18)28-26(34-24)25-29-31-32-30-25/h1-15H,16H2,(H,29,30,31,32)/b10-5+. The molecule has 0 radical (unpaired) electrons. The molecule has 0 unspecified atom stereocenters. The van der Waals surface area contributed by atoms with Crippen LogP contribution >= 0.6 is 0 Å². The molecule has 0 fully saturated rings. The molecule has 164 valence electrons. The zero-order chi connectivity index (χ0) is 22.7. The summed E-state index contributed by atoms with van der Waals surface area (Å²) >= 11 is 0. The van der Waals surface area contributed by atoms with Crippen molar-refractivity contribution in [1.29, 1.82) is 0 Å². The summed E-state index contributed by atoms with van der Waals surface area (Å²) in [4.78, 5) is 9.10. The molecule has 0 atom stereocenters. The van der Waals surface area contributed by atoms with Gasteiger partial charge in [0.05, 0.1) is 11.2 Å². The number of tetrazole rings is 1. The predicted molar refractivity (Wildman–Crippen MR) is 129 cm³/mol. The number of hydrogen-bond acceptors (Lipinski definition) is 7. The molecule has 34 heavy (non-hydrogen) atoms. The molecule has 0 aliphatic heterocycles. The zero-order valence-corrected chi connectivity index (χ0v) is 17.9. The van der Waals surface area contributed by atoms with E-state index < -0.39 is 0 Å². The number of nitrogens with zero attached hydrogens (tertiary/aromatic N) is 5. The molecule has 0 amide bonds. The first-order chi connectivity index (χ1) is 16.8. The van der Waals surface area contributed by atoms with Gasteiger partial charge in [0.2, 0.25) is 0 Å². The average Bonchev–Trinajstić information content (AvgIpc) is 3.56. The highest BCUT2D eigenvalue weighted by Crippen LogP contribution is 2.23. The molecule has 8 heteroatoms. The number of pyridine rings is 1. The number of benzene rings is 3. The smallest absolute Gasteiger partial charge is 0.269 e. The van der Waals surface area contributed by atoms with Crippen molar-refractivity contribution in [2.75, 3.05) is 0 Å². The topological polar surface area (TPSA) is 103 Å². The van der Waals surface area contributed by atoms with Crippen LogP contribution in [0.2, 0.25) is 0 Å². The maximum Gasteiger partial charge on any atom is 0.269 e.